The maximum absolute atomic E-state index is 5.88. The van der Waals surface area contributed by atoms with Crippen molar-refractivity contribution in [3.63, 3.8) is 0 Å². The second-order valence-corrected chi connectivity index (χ2v) is 6.52. The third-order valence-corrected chi connectivity index (χ3v) is 4.45. The molecule has 0 radical (unpaired) electrons. The van der Waals surface area contributed by atoms with Crippen LogP contribution in [0.2, 0.25) is 0 Å². The Balaban J connectivity index is 1.99. The minimum atomic E-state index is 0.391. The van der Waals surface area contributed by atoms with Crippen molar-refractivity contribution in [1.82, 2.24) is 9.97 Å². The van der Waals surface area contributed by atoms with Crippen molar-refractivity contribution >= 4 is 22.4 Å². The zero-order valence-electron chi connectivity index (χ0n) is 17.4. The summed E-state index contributed by atoms with van der Waals surface area (Å²) in [4.78, 5) is 8.82. The molecule has 0 atom stereocenters. The minimum absolute atomic E-state index is 0.391. The quantitative estimate of drug-likeness (QED) is 0.406. The molecule has 0 spiro atoms. The number of ether oxygens (including phenoxy) is 4. The lowest BCUT2D eigenvalue weighted by Gasteiger charge is -2.16. The summed E-state index contributed by atoms with van der Waals surface area (Å²) in [5.41, 5.74) is 3.45. The van der Waals surface area contributed by atoms with Gasteiger partial charge in [-0.25, -0.2) is 9.97 Å². The number of nitrogens with one attached hydrogen (secondary N) is 1. The van der Waals surface area contributed by atoms with Crippen LogP contribution in [0.15, 0.2) is 36.7 Å². The van der Waals surface area contributed by atoms with E-state index < -0.39 is 0 Å². The predicted octanol–water partition coefficient (Wildman–Crippen LogP) is 3.71. The molecule has 0 saturated heterocycles. The molecule has 156 valence electrons. The van der Waals surface area contributed by atoms with Gasteiger partial charge in [0.1, 0.15) is 25.4 Å². The van der Waals surface area contributed by atoms with Crippen molar-refractivity contribution in [3.05, 3.63) is 47.8 Å². The molecule has 3 rings (SSSR count). The van der Waals surface area contributed by atoms with Crippen LogP contribution in [0.3, 0.4) is 0 Å². The van der Waals surface area contributed by atoms with E-state index in [1.54, 1.807) is 14.2 Å². The number of fused-ring (bicyclic) bond motifs is 1. The lowest BCUT2D eigenvalue weighted by Crippen LogP contribution is -2.09. The number of aromatic nitrogens is 2. The molecule has 0 saturated carbocycles. The van der Waals surface area contributed by atoms with Crippen LogP contribution in [0.5, 0.6) is 11.5 Å². The van der Waals surface area contributed by atoms with E-state index in [9.17, 15) is 0 Å². The van der Waals surface area contributed by atoms with E-state index in [-0.39, 0.29) is 0 Å². The van der Waals surface area contributed by atoms with Crippen LogP contribution in [-0.2, 0) is 9.47 Å². The second-order valence-electron chi connectivity index (χ2n) is 6.52. The van der Waals surface area contributed by atoms with Crippen LogP contribution < -0.4 is 14.8 Å². The van der Waals surface area contributed by atoms with E-state index in [4.69, 9.17) is 25.4 Å². The first kappa shape index (κ1) is 21.4. The van der Waals surface area contributed by atoms with Gasteiger partial charge in [0, 0.05) is 36.9 Å². The number of rotatable bonds is 10. The smallest absolute Gasteiger partial charge is 0.163 e. The van der Waals surface area contributed by atoms with Gasteiger partial charge in [0.15, 0.2) is 11.5 Å². The standard InChI is InChI=1S/C23H25N3O4/c1-5-17-7-6-16(2)19(12-17)26-23-18-13-21(29-10-8-27-3)22(30-11-9-28-4)14-20(18)24-15-25-23/h1,6-7,12-15H,8-11H2,2-4H3,(H,24,25,26). The molecule has 1 N–H and O–H groups in total. The molecule has 0 fully saturated rings. The number of methoxy groups -OCH3 is 2. The van der Waals surface area contributed by atoms with Gasteiger partial charge in [-0.15, -0.1) is 6.42 Å². The van der Waals surface area contributed by atoms with Gasteiger partial charge in [-0.3, -0.25) is 0 Å². The second kappa shape index (κ2) is 10.4. The molecule has 2 aromatic carbocycles. The number of hydrogen-bond acceptors (Lipinski definition) is 7. The van der Waals surface area contributed by atoms with Gasteiger partial charge in [-0.05, 0) is 30.7 Å². The Hall–Kier alpha value is -3.34. The normalized spacial score (nSPS) is 10.6. The summed E-state index contributed by atoms with van der Waals surface area (Å²) >= 11 is 0. The summed E-state index contributed by atoms with van der Waals surface area (Å²) < 4.78 is 21.9. The molecule has 0 aliphatic rings. The Kier molecular flexibility index (Phi) is 7.44. The summed E-state index contributed by atoms with van der Waals surface area (Å²) in [6.45, 7) is 3.73. The minimum Gasteiger partial charge on any atom is -0.487 e. The highest BCUT2D eigenvalue weighted by molar-refractivity contribution is 5.93. The van der Waals surface area contributed by atoms with Crippen LogP contribution in [0, 0.1) is 19.3 Å². The third-order valence-electron chi connectivity index (χ3n) is 4.45. The lowest BCUT2D eigenvalue weighted by molar-refractivity contribution is 0.132. The fourth-order valence-corrected chi connectivity index (χ4v) is 2.83. The predicted molar refractivity (Wildman–Crippen MR) is 117 cm³/mol. The maximum Gasteiger partial charge on any atom is 0.163 e. The number of aryl methyl sites for hydroxylation is 1. The van der Waals surface area contributed by atoms with Gasteiger partial charge in [0.25, 0.3) is 0 Å². The molecule has 1 aromatic heterocycles. The summed E-state index contributed by atoms with van der Waals surface area (Å²) in [6, 6.07) is 9.51. The molecule has 7 nitrogen and oxygen atoms in total. The molecular weight excluding hydrogens is 382 g/mol. The van der Waals surface area contributed by atoms with E-state index in [2.05, 4.69) is 21.2 Å². The van der Waals surface area contributed by atoms with Crippen LogP contribution in [0.1, 0.15) is 11.1 Å². The SMILES string of the molecule is C#Cc1ccc(C)c(Nc2ncnc3cc(OCCOC)c(OCCOC)cc23)c1. The summed E-state index contributed by atoms with van der Waals surface area (Å²) in [5, 5.41) is 4.17. The number of nitrogens with zero attached hydrogens (tertiary/aromatic N) is 2. The highest BCUT2D eigenvalue weighted by Crippen LogP contribution is 2.35. The molecule has 0 aliphatic carbocycles. The van der Waals surface area contributed by atoms with Crippen molar-refractivity contribution < 1.29 is 18.9 Å². The Morgan fingerprint density at radius 2 is 1.63 bits per heavy atom. The average Bonchev–Trinajstić information content (AvgIpc) is 2.76. The summed E-state index contributed by atoms with van der Waals surface area (Å²) in [5.74, 6) is 4.48. The molecule has 3 aromatic rings. The summed E-state index contributed by atoms with van der Waals surface area (Å²) in [7, 11) is 3.25. The Morgan fingerprint density at radius 3 is 2.30 bits per heavy atom. The fourth-order valence-electron chi connectivity index (χ4n) is 2.83. The molecule has 0 aliphatic heterocycles. The van der Waals surface area contributed by atoms with Gasteiger partial charge in [-0.2, -0.15) is 0 Å². The maximum atomic E-state index is 5.88. The molecular formula is C23H25N3O4. The lowest BCUT2D eigenvalue weighted by atomic mass is 10.1. The van der Waals surface area contributed by atoms with Crippen LogP contribution in [0.25, 0.3) is 10.9 Å². The molecule has 30 heavy (non-hydrogen) atoms. The monoisotopic (exact) mass is 407 g/mol. The van der Waals surface area contributed by atoms with Gasteiger partial charge >= 0.3 is 0 Å². The molecule has 0 unspecified atom stereocenters. The van der Waals surface area contributed by atoms with Crippen LogP contribution in [0.4, 0.5) is 11.5 Å². The van der Waals surface area contributed by atoms with Crippen LogP contribution >= 0.6 is 0 Å². The fraction of sp³-hybridized carbons (Fsp3) is 0.304. The first-order valence-electron chi connectivity index (χ1n) is 9.52. The van der Waals surface area contributed by atoms with Gasteiger partial charge < -0.3 is 24.3 Å². The van der Waals surface area contributed by atoms with E-state index in [1.807, 2.05) is 37.3 Å². The van der Waals surface area contributed by atoms with Crippen molar-refractivity contribution in [2.24, 2.45) is 0 Å². The van der Waals surface area contributed by atoms with E-state index in [0.29, 0.717) is 43.7 Å². The summed E-state index contributed by atoms with van der Waals surface area (Å²) in [6.07, 6.45) is 7.05. The topological polar surface area (TPSA) is 74.7 Å². The van der Waals surface area contributed by atoms with E-state index >= 15 is 0 Å². The van der Waals surface area contributed by atoms with Crippen molar-refractivity contribution in [3.8, 4) is 23.8 Å². The number of anilines is 2. The molecule has 7 heteroatoms. The first-order chi connectivity index (χ1) is 14.7. The number of benzene rings is 2. The Labute approximate surface area is 176 Å². The molecule has 0 bridgehead atoms. The zero-order chi connectivity index (χ0) is 21.3. The van der Waals surface area contributed by atoms with Crippen molar-refractivity contribution in [2.75, 3.05) is 46.0 Å². The largest absolute Gasteiger partial charge is 0.487 e. The molecule has 1 heterocycles. The van der Waals surface area contributed by atoms with E-state index in [0.717, 1.165) is 27.7 Å². The van der Waals surface area contributed by atoms with Crippen molar-refractivity contribution in [1.29, 1.82) is 0 Å². The van der Waals surface area contributed by atoms with Gasteiger partial charge in [0.2, 0.25) is 0 Å². The van der Waals surface area contributed by atoms with Gasteiger partial charge in [-0.1, -0.05) is 12.0 Å². The number of hydrogen-bond donors (Lipinski definition) is 1. The van der Waals surface area contributed by atoms with Gasteiger partial charge in [0.05, 0.1) is 18.7 Å². The zero-order valence-corrected chi connectivity index (χ0v) is 17.4. The Bertz CT molecular complexity index is 1050. The average molecular weight is 407 g/mol. The first-order valence-corrected chi connectivity index (χ1v) is 9.52. The third kappa shape index (κ3) is 5.17. The van der Waals surface area contributed by atoms with Crippen molar-refractivity contribution in [2.45, 2.75) is 6.92 Å². The van der Waals surface area contributed by atoms with Crippen LogP contribution in [-0.4, -0.2) is 50.6 Å². The number of terminal acetylenes is 1. The van der Waals surface area contributed by atoms with E-state index in [1.165, 1.54) is 6.33 Å². The highest BCUT2D eigenvalue weighted by atomic mass is 16.5. The highest BCUT2D eigenvalue weighted by Gasteiger charge is 2.13. The molecule has 0 amide bonds. The Morgan fingerprint density at radius 1 is 0.933 bits per heavy atom.